The molecule has 6 nitrogen and oxygen atoms in total. The number of nitro benzene ring substituents is 1. The normalized spacial score (nSPS) is 13.0. The number of non-ortho nitro benzene ring substituents is 1. The van der Waals surface area contributed by atoms with Gasteiger partial charge in [-0.25, -0.2) is 0 Å². The smallest absolute Gasteiger partial charge is 0.270 e. The minimum absolute atomic E-state index is 0.0329. The van der Waals surface area contributed by atoms with Gasteiger partial charge in [-0.2, -0.15) is 0 Å². The van der Waals surface area contributed by atoms with E-state index in [-0.39, 0.29) is 34.9 Å². The number of benzene rings is 3. The summed E-state index contributed by atoms with van der Waals surface area (Å²) in [6.07, 6.45) is 2.31. The van der Waals surface area contributed by atoms with Crippen molar-refractivity contribution in [2.24, 2.45) is 5.92 Å². The number of amides is 1. The maximum atomic E-state index is 13.1. The summed E-state index contributed by atoms with van der Waals surface area (Å²) in [7, 11) is 0. The predicted octanol–water partition coefficient (Wildman–Crippen LogP) is 6.28. The van der Waals surface area contributed by atoms with Crippen LogP contribution in [0.4, 0.5) is 5.69 Å². The van der Waals surface area contributed by atoms with E-state index in [0.717, 1.165) is 27.6 Å². The van der Waals surface area contributed by atoms with Crippen LogP contribution in [0.3, 0.4) is 0 Å². The number of carbonyl (C=O) groups excluding carboxylic acids is 1. The highest BCUT2D eigenvalue weighted by atomic mass is 16.6. The van der Waals surface area contributed by atoms with Crippen molar-refractivity contribution < 1.29 is 9.72 Å². The number of nitrogens with zero attached hydrogens (tertiary/aromatic N) is 2. The van der Waals surface area contributed by atoms with Gasteiger partial charge in [0.1, 0.15) is 0 Å². The Balaban J connectivity index is 1.82. The molecular formula is C29H31N3O3. The first-order chi connectivity index (χ1) is 16.8. The van der Waals surface area contributed by atoms with Crippen molar-refractivity contribution in [1.29, 1.82) is 0 Å². The molecule has 0 bridgehead atoms. The molecule has 0 aliphatic rings. The molecule has 0 aliphatic heterocycles. The summed E-state index contributed by atoms with van der Waals surface area (Å²) >= 11 is 0. The standard InChI is InChI=1S/C29H31N3O3/c1-20(2)21(3)30-29(33)17-25(23-12-8-5-9-13-23)27-19-31(18-22-10-6-4-7-11-22)28-15-14-24(32(34)35)16-26(27)28/h4-16,19-21,25H,17-18H2,1-3H3,(H,30,33)/t21-,25+/m1/s1. The average molecular weight is 470 g/mol. The monoisotopic (exact) mass is 469 g/mol. The van der Waals surface area contributed by atoms with Crippen LogP contribution in [-0.4, -0.2) is 21.4 Å². The number of aromatic nitrogens is 1. The van der Waals surface area contributed by atoms with Crippen molar-refractivity contribution in [2.45, 2.75) is 45.7 Å². The second kappa shape index (κ2) is 10.6. The maximum absolute atomic E-state index is 13.1. The van der Waals surface area contributed by atoms with E-state index < -0.39 is 0 Å². The van der Waals surface area contributed by atoms with Gasteiger partial charge in [0.2, 0.25) is 5.91 Å². The lowest BCUT2D eigenvalue weighted by molar-refractivity contribution is -0.384. The second-order valence-electron chi connectivity index (χ2n) is 9.42. The molecule has 0 unspecified atom stereocenters. The fourth-order valence-electron chi connectivity index (χ4n) is 4.37. The van der Waals surface area contributed by atoms with Crippen LogP contribution in [0.5, 0.6) is 0 Å². The molecule has 4 rings (SSSR count). The van der Waals surface area contributed by atoms with Crippen molar-refractivity contribution in [3.05, 3.63) is 112 Å². The molecule has 3 aromatic carbocycles. The Labute approximate surface area is 205 Å². The highest BCUT2D eigenvalue weighted by Crippen LogP contribution is 2.36. The van der Waals surface area contributed by atoms with E-state index in [4.69, 9.17) is 0 Å². The molecule has 0 saturated heterocycles. The van der Waals surface area contributed by atoms with E-state index in [2.05, 4.69) is 42.1 Å². The zero-order valence-corrected chi connectivity index (χ0v) is 20.3. The molecule has 0 aliphatic carbocycles. The molecule has 0 radical (unpaired) electrons. The molecular weight excluding hydrogens is 438 g/mol. The van der Waals surface area contributed by atoms with E-state index >= 15 is 0 Å². The summed E-state index contributed by atoms with van der Waals surface area (Å²) in [6, 6.07) is 25.0. The third-order valence-electron chi connectivity index (χ3n) is 6.66. The van der Waals surface area contributed by atoms with Crippen LogP contribution in [0.2, 0.25) is 0 Å². The van der Waals surface area contributed by atoms with Crippen molar-refractivity contribution in [3.63, 3.8) is 0 Å². The van der Waals surface area contributed by atoms with Gasteiger partial charge in [0, 0.05) is 54.2 Å². The van der Waals surface area contributed by atoms with Gasteiger partial charge in [0.25, 0.3) is 5.69 Å². The summed E-state index contributed by atoms with van der Waals surface area (Å²) in [4.78, 5) is 24.3. The largest absolute Gasteiger partial charge is 0.353 e. The third kappa shape index (κ3) is 5.60. The second-order valence-corrected chi connectivity index (χ2v) is 9.42. The van der Waals surface area contributed by atoms with Gasteiger partial charge in [0.05, 0.1) is 4.92 Å². The summed E-state index contributed by atoms with van der Waals surface area (Å²) < 4.78 is 2.12. The minimum Gasteiger partial charge on any atom is -0.353 e. The summed E-state index contributed by atoms with van der Waals surface area (Å²) in [5, 5.41) is 15.5. The molecule has 2 atom stereocenters. The lowest BCUT2D eigenvalue weighted by Gasteiger charge is -2.21. The van der Waals surface area contributed by atoms with Crippen LogP contribution < -0.4 is 5.32 Å². The van der Waals surface area contributed by atoms with E-state index in [0.29, 0.717) is 12.5 Å². The van der Waals surface area contributed by atoms with Gasteiger partial charge in [-0.1, -0.05) is 74.5 Å². The maximum Gasteiger partial charge on any atom is 0.270 e. The summed E-state index contributed by atoms with van der Waals surface area (Å²) in [5.74, 6) is 0.0519. The van der Waals surface area contributed by atoms with Crippen molar-refractivity contribution in [2.75, 3.05) is 0 Å². The molecule has 180 valence electrons. The first-order valence-corrected chi connectivity index (χ1v) is 12.0. The first kappa shape index (κ1) is 24.2. The molecule has 35 heavy (non-hydrogen) atoms. The molecule has 1 amide bonds. The Kier molecular flexibility index (Phi) is 7.30. The fraction of sp³-hybridized carbons (Fsp3) is 0.276. The van der Waals surface area contributed by atoms with Crippen LogP contribution in [0.1, 0.15) is 49.8 Å². The van der Waals surface area contributed by atoms with Gasteiger partial charge >= 0.3 is 0 Å². The highest BCUT2D eigenvalue weighted by Gasteiger charge is 2.25. The molecule has 0 spiro atoms. The Hall–Kier alpha value is -3.93. The van der Waals surface area contributed by atoms with Crippen molar-refractivity contribution in [1.82, 2.24) is 9.88 Å². The number of hydrogen-bond acceptors (Lipinski definition) is 3. The van der Waals surface area contributed by atoms with Crippen LogP contribution in [0.15, 0.2) is 85.1 Å². The molecule has 4 aromatic rings. The van der Waals surface area contributed by atoms with Crippen LogP contribution in [0, 0.1) is 16.0 Å². The Bertz CT molecular complexity index is 1310. The molecule has 1 heterocycles. The Morgan fingerprint density at radius 3 is 2.26 bits per heavy atom. The van der Waals surface area contributed by atoms with E-state index in [1.807, 2.05) is 61.5 Å². The number of fused-ring (bicyclic) bond motifs is 1. The van der Waals surface area contributed by atoms with Gasteiger partial charge in [0.15, 0.2) is 0 Å². The van der Waals surface area contributed by atoms with Gasteiger partial charge in [-0.05, 0) is 35.6 Å². The third-order valence-corrected chi connectivity index (χ3v) is 6.66. The number of rotatable bonds is 9. The van der Waals surface area contributed by atoms with Crippen LogP contribution >= 0.6 is 0 Å². The topological polar surface area (TPSA) is 77.2 Å². The van der Waals surface area contributed by atoms with Crippen molar-refractivity contribution in [3.8, 4) is 0 Å². The van der Waals surface area contributed by atoms with Crippen molar-refractivity contribution >= 4 is 22.5 Å². The number of hydrogen-bond donors (Lipinski definition) is 1. The first-order valence-electron chi connectivity index (χ1n) is 12.0. The van der Waals surface area contributed by atoms with Crippen LogP contribution in [0.25, 0.3) is 10.9 Å². The minimum atomic E-state index is -0.369. The van der Waals surface area contributed by atoms with Gasteiger partial charge in [-0.15, -0.1) is 0 Å². The number of nitro groups is 1. The summed E-state index contributed by atoms with van der Waals surface area (Å²) in [5.41, 5.74) is 4.00. The lowest BCUT2D eigenvalue weighted by Crippen LogP contribution is -2.36. The summed E-state index contributed by atoms with van der Waals surface area (Å²) in [6.45, 7) is 6.80. The molecule has 0 saturated carbocycles. The molecule has 1 aromatic heterocycles. The van der Waals surface area contributed by atoms with Gasteiger partial charge in [-0.3, -0.25) is 14.9 Å². The molecule has 1 N–H and O–H groups in total. The average Bonchev–Trinajstić information content (AvgIpc) is 3.20. The number of carbonyl (C=O) groups is 1. The SMILES string of the molecule is CC(C)[C@@H](C)NC(=O)C[C@@H](c1ccccc1)c1cn(Cc2ccccc2)c2ccc([N+](=O)[O-])cc12. The Morgan fingerprint density at radius 1 is 0.971 bits per heavy atom. The molecule has 0 fully saturated rings. The quantitative estimate of drug-likeness (QED) is 0.231. The zero-order valence-electron chi connectivity index (χ0n) is 20.3. The van der Waals surface area contributed by atoms with Gasteiger partial charge < -0.3 is 9.88 Å². The number of nitrogens with one attached hydrogen (secondary N) is 1. The Morgan fingerprint density at radius 2 is 1.63 bits per heavy atom. The lowest BCUT2D eigenvalue weighted by atomic mass is 9.87. The predicted molar refractivity (Wildman–Crippen MR) is 139 cm³/mol. The molecule has 6 heteroatoms. The highest BCUT2D eigenvalue weighted by molar-refractivity contribution is 5.88. The van der Waals surface area contributed by atoms with Crippen LogP contribution in [-0.2, 0) is 11.3 Å². The zero-order chi connectivity index (χ0) is 24.9. The van der Waals surface area contributed by atoms with E-state index in [9.17, 15) is 14.9 Å². The van der Waals surface area contributed by atoms with E-state index in [1.54, 1.807) is 12.1 Å². The van der Waals surface area contributed by atoms with E-state index in [1.165, 1.54) is 0 Å². The fourth-order valence-corrected chi connectivity index (χ4v) is 4.37.